The molecule has 0 saturated heterocycles. The first kappa shape index (κ1) is 13.4. The molecule has 0 aromatic heterocycles. The van der Waals surface area contributed by atoms with Crippen LogP contribution >= 0.6 is 0 Å². The molecule has 2 rings (SSSR count). The number of carbonyl (C=O) groups is 2. The van der Waals surface area contributed by atoms with Crippen LogP contribution in [0.2, 0.25) is 0 Å². The number of amides is 2. The fourth-order valence-electron chi connectivity index (χ4n) is 1.88. The minimum Gasteiger partial charge on any atom is -0.444 e. The Labute approximate surface area is 112 Å². The molecule has 1 aromatic carbocycles. The molecule has 0 radical (unpaired) electrons. The maximum absolute atomic E-state index is 11.5. The summed E-state index contributed by atoms with van der Waals surface area (Å²) in [4.78, 5) is 22.9. The number of hydrogen-bond donors (Lipinski definition) is 2. The highest BCUT2D eigenvalue weighted by atomic mass is 16.6. The van der Waals surface area contributed by atoms with Crippen LogP contribution in [0.4, 0.5) is 4.79 Å². The number of hydrogen-bond acceptors (Lipinski definition) is 3. The maximum Gasteiger partial charge on any atom is 0.407 e. The van der Waals surface area contributed by atoms with Crippen molar-refractivity contribution >= 4 is 12.0 Å². The van der Waals surface area contributed by atoms with Crippen LogP contribution in [-0.2, 0) is 17.8 Å². The van der Waals surface area contributed by atoms with Gasteiger partial charge in [0.05, 0.1) is 0 Å². The summed E-state index contributed by atoms with van der Waals surface area (Å²) in [5.74, 6) is -0.0401. The maximum atomic E-state index is 11.5. The quantitative estimate of drug-likeness (QED) is 0.856. The third-order valence-electron chi connectivity index (χ3n) is 2.69. The van der Waals surface area contributed by atoms with E-state index in [1.54, 1.807) is 6.07 Å². The van der Waals surface area contributed by atoms with E-state index in [0.717, 1.165) is 11.1 Å². The molecule has 0 unspecified atom stereocenters. The van der Waals surface area contributed by atoms with E-state index >= 15 is 0 Å². The number of benzene rings is 1. The van der Waals surface area contributed by atoms with Crippen molar-refractivity contribution in [3.8, 4) is 0 Å². The highest BCUT2D eigenvalue weighted by molar-refractivity contribution is 5.98. The molecule has 19 heavy (non-hydrogen) atoms. The van der Waals surface area contributed by atoms with Crippen LogP contribution in [0.1, 0.15) is 42.3 Å². The van der Waals surface area contributed by atoms with Crippen LogP contribution in [0.5, 0.6) is 0 Å². The van der Waals surface area contributed by atoms with Gasteiger partial charge in [-0.15, -0.1) is 0 Å². The monoisotopic (exact) mass is 262 g/mol. The Morgan fingerprint density at radius 2 is 2.16 bits per heavy atom. The molecule has 0 saturated carbocycles. The summed E-state index contributed by atoms with van der Waals surface area (Å²) >= 11 is 0. The number of ether oxygens (including phenoxy) is 1. The van der Waals surface area contributed by atoms with Crippen molar-refractivity contribution in [2.75, 3.05) is 0 Å². The molecule has 0 fully saturated rings. The van der Waals surface area contributed by atoms with Crippen molar-refractivity contribution in [3.05, 3.63) is 34.9 Å². The van der Waals surface area contributed by atoms with Gasteiger partial charge in [0.2, 0.25) is 0 Å². The lowest BCUT2D eigenvalue weighted by atomic mass is 10.1. The molecule has 0 aliphatic carbocycles. The van der Waals surface area contributed by atoms with Crippen LogP contribution < -0.4 is 10.6 Å². The summed E-state index contributed by atoms with van der Waals surface area (Å²) in [6, 6.07) is 5.54. The van der Waals surface area contributed by atoms with Crippen molar-refractivity contribution < 1.29 is 14.3 Å². The molecule has 5 heteroatoms. The lowest BCUT2D eigenvalue weighted by Crippen LogP contribution is -2.32. The minimum atomic E-state index is -0.502. The summed E-state index contributed by atoms with van der Waals surface area (Å²) in [5.41, 5.74) is 2.12. The standard InChI is InChI=1S/C14H18N2O3/c1-14(2,3)19-13(18)16-7-9-4-5-11-10(6-9)8-15-12(11)17/h4-6H,7-8H2,1-3H3,(H,15,17)(H,16,18). The molecular weight excluding hydrogens is 244 g/mol. The molecule has 1 aromatic rings. The molecule has 2 amide bonds. The van der Waals surface area contributed by atoms with Gasteiger partial charge in [0.15, 0.2) is 0 Å². The van der Waals surface area contributed by atoms with Gasteiger partial charge in [-0.05, 0) is 38.0 Å². The van der Waals surface area contributed by atoms with Crippen molar-refractivity contribution in [3.63, 3.8) is 0 Å². The van der Waals surface area contributed by atoms with Gasteiger partial charge in [-0.2, -0.15) is 0 Å². The Hall–Kier alpha value is -2.04. The van der Waals surface area contributed by atoms with Crippen LogP contribution in [0.15, 0.2) is 18.2 Å². The molecule has 0 spiro atoms. The summed E-state index contributed by atoms with van der Waals surface area (Å²) < 4.78 is 5.15. The van der Waals surface area contributed by atoms with Gasteiger partial charge in [0.1, 0.15) is 5.60 Å². The van der Waals surface area contributed by atoms with Crippen molar-refractivity contribution in [2.45, 2.75) is 39.5 Å². The molecule has 2 N–H and O–H groups in total. The van der Waals surface area contributed by atoms with E-state index < -0.39 is 11.7 Å². The fraction of sp³-hybridized carbons (Fsp3) is 0.429. The zero-order chi connectivity index (χ0) is 14.0. The lowest BCUT2D eigenvalue weighted by molar-refractivity contribution is 0.0523. The van der Waals surface area contributed by atoms with E-state index in [2.05, 4.69) is 10.6 Å². The summed E-state index contributed by atoms with van der Waals surface area (Å²) in [7, 11) is 0. The molecule has 5 nitrogen and oxygen atoms in total. The van der Waals surface area contributed by atoms with Gasteiger partial charge in [0.25, 0.3) is 5.91 Å². The molecule has 0 bridgehead atoms. The zero-order valence-corrected chi connectivity index (χ0v) is 11.4. The number of carbonyl (C=O) groups excluding carboxylic acids is 2. The Kier molecular flexibility index (Phi) is 3.46. The molecule has 0 atom stereocenters. The zero-order valence-electron chi connectivity index (χ0n) is 11.4. The van der Waals surface area contributed by atoms with E-state index in [4.69, 9.17) is 4.74 Å². The summed E-state index contributed by atoms with van der Waals surface area (Å²) in [5, 5.41) is 5.45. The van der Waals surface area contributed by atoms with Gasteiger partial charge in [-0.3, -0.25) is 4.79 Å². The fourth-order valence-corrected chi connectivity index (χ4v) is 1.88. The number of rotatable bonds is 2. The van der Waals surface area contributed by atoms with E-state index in [1.165, 1.54) is 0 Å². The second-order valence-electron chi connectivity index (χ2n) is 5.53. The van der Waals surface area contributed by atoms with Crippen LogP contribution in [0, 0.1) is 0 Å². The minimum absolute atomic E-state index is 0.0401. The average Bonchev–Trinajstić information content (AvgIpc) is 2.66. The van der Waals surface area contributed by atoms with Crippen molar-refractivity contribution in [2.24, 2.45) is 0 Å². The second-order valence-corrected chi connectivity index (χ2v) is 5.53. The second kappa shape index (κ2) is 4.91. The molecule has 102 valence electrons. The van der Waals surface area contributed by atoms with Crippen LogP contribution in [0.25, 0.3) is 0 Å². The van der Waals surface area contributed by atoms with Crippen LogP contribution in [0.3, 0.4) is 0 Å². The van der Waals surface area contributed by atoms with E-state index in [-0.39, 0.29) is 5.91 Å². The summed E-state index contributed by atoms with van der Waals surface area (Å²) in [6.07, 6.45) is -0.442. The Morgan fingerprint density at radius 1 is 1.42 bits per heavy atom. The lowest BCUT2D eigenvalue weighted by Gasteiger charge is -2.19. The topological polar surface area (TPSA) is 67.4 Å². The predicted octanol–water partition coefficient (Wildman–Crippen LogP) is 1.95. The highest BCUT2D eigenvalue weighted by Crippen LogP contribution is 2.17. The first-order valence-electron chi connectivity index (χ1n) is 6.22. The van der Waals surface area contributed by atoms with Gasteiger partial charge in [-0.1, -0.05) is 12.1 Å². The predicted molar refractivity (Wildman–Crippen MR) is 70.7 cm³/mol. The Bertz CT molecular complexity index is 518. The number of nitrogens with one attached hydrogen (secondary N) is 2. The van der Waals surface area contributed by atoms with Gasteiger partial charge in [-0.25, -0.2) is 4.79 Å². The third-order valence-corrected chi connectivity index (χ3v) is 2.69. The first-order valence-corrected chi connectivity index (χ1v) is 6.22. The smallest absolute Gasteiger partial charge is 0.407 e. The van der Waals surface area contributed by atoms with Crippen molar-refractivity contribution in [1.29, 1.82) is 0 Å². The normalized spacial score (nSPS) is 13.7. The molecular formula is C14H18N2O3. The SMILES string of the molecule is CC(C)(C)OC(=O)NCc1ccc2c(c1)CNC2=O. The van der Waals surface area contributed by atoms with Gasteiger partial charge in [0, 0.05) is 18.7 Å². The molecule has 1 aliphatic rings. The summed E-state index contributed by atoms with van der Waals surface area (Å²) in [6.45, 7) is 6.39. The Balaban J connectivity index is 1.94. The van der Waals surface area contributed by atoms with Crippen molar-refractivity contribution in [1.82, 2.24) is 10.6 Å². The van der Waals surface area contributed by atoms with E-state index in [9.17, 15) is 9.59 Å². The largest absolute Gasteiger partial charge is 0.444 e. The van der Waals surface area contributed by atoms with E-state index in [0.29, 0.717) is 18.7 Å². The molecule has 1 aliphatic heterocycles. The third kappa shape index (κ3) is 3.47. The van der Waals surface area contributed by atoms with Gasteiger partial charge < -0.3 is 15.4 Å². The first-order chi connectivity index (χ1) is 8.85. The number of fused-ring (bicyclic) bond motifs is 1. The highest BCUT2D eigenvalue weighted by Gasteiger charge is 2.19. The average molecular weight is 262 g/mol. The van der Waals surface area contributed by atoms with E-state index in [1.807, 2.05) is 32.9 Å². The number of alkyl carbamates (subject to hydrolysis) is 1. The Morgan fingerprint density at radius 3 is 2.84 bits per heavy atom. The van der Waals surface area contributed by atoms with Crippen LogP contribution in [-0.4, -0.2) is 17.6 Å². The molecule has 1 heterocycles. The van der Waals surface area contributed by atoms with Gasteiger partial charge >= 0.3 is 6.09 Å².